The molecule has 11 aromatic carbocycles. The second-order valence-electron chi connectivity index (χ2n) is 21.8. The number of hydrogen-bond acceptors (Lipinski definition) is 4. The molecule has 17 aromatic rings. The van der Waals surface area contributed by atoms with Crippen LogP contribution in [-0.2, 0) is 0 Å². The molecule has 0 radical (unpaired) electrons. The number of nitriles is 2. The number of aromatic nitrogens is 4. The highest BCUT2D eigenvalue weighted by atomic mass is 16.3. The van der Waals surface area contributed by atoms with Gasteiger partial charge in [0.2, 0.25) is 0 Å². The highest BCUT2D eigenvalue weighted by Crippen LogP contribution is 2.50. The quantitative estimate of drug-likeness (QED) is 0.175. The van der Waals surface area contributed by atoms with E-state index in [1.165, 1.54) is 0 Å². The van der Waals surface area contributed by atoms with E-state index in [0.29, 0.717) is 33.9 Å². The van der Waals surface area contributed by atoms with Gasteiger partial charge < -0.3 is 27.1 Å². The van der Waals surface area contributed by atoms with Gasteiger partial charge in [-0.15, -0.1) is 0 Å². The van der Waals surface area contributed by atoms with Crippen LogP contribution in [0.4, 0.5) is 0 Å². The summed E-state index contributed by atoms with van der Waals surface area (Å²) in [6.45, 7) is 8.49. The van der Waals surface area contributed by atoms with Gasteiger partial charge >= 0.3 is 0 Å². The Balaban J connectivity index is 1.18. The molecule has 8 nitrogen and oxygen atoms in total. The van der Waals surface area contributed by atoms with Gasteiger partial charge in [-0.1, -0.05) is 119 Å². The minimum atomic E-state index is 0.381. The van der Waals surface area contributed by atoms with Crippen molar-refractivity contribution in [3.8, 4) is 34.9 Å². The molecule has 8 heteroatoms. The molecule has 17 rings (SSSR count). The Hall–Kier alpha value is -10.8. The first kappa shape index (κ1) is 44.3. The minimum absolute atomic E-state index is 0.381. The van der Waals surface area contributed by atoms with Gasteiger partial charge in [0, 0.05) is 76.8 Å². The normalized spacial score (nSPS) is 12.2. The molecule has 0 fully saturated rings. The molecule has 0 unspecified atom stereocenters. The third-order valence-corrected chi connectivity index (χ3v) is 17.0. The summed E-state index contributed by atoms with van der Waals surface area (Å²) >= 11 is 0. The second-order valence-corrected chi connectivity index (χ2v) is 21.8. The van der Waals surface area contributed by atoms with E-state index in [9.17, 15) is 10.5 Å². The topological polar surface area (TPSA) is 93.6 Å². The molecule has 0 saturated carbocycles. The molecule has 0 aliphatic carbocycles. The Morgan fingerprint density at radius 3 is 0.900 bits per heavy atom. The molecular formula is C72H44N6O2. The lowest BCUT2D eigenvalue weighted by Crippen LogP contribution is -2.16. The van der Waals surface area contributed by atoms with E-state index in [4.69, 9.17) is 8.83 Å². The molecule has 0 saturated heterocycles. The van der Waals surface area contributed by atoms with Crippen molar-refractivity contribution >= 4 is 131 Å². The van der Waals surface area contributed by atoms with Crippen molar-refractivity contribution in [2.24, 2.45) is 0 Å². The zero-order valence-electron chi connectivity index (χ0n) is 44.0. The molecule has 0 amide bonds. The summed E-state index contributed by atoms with van der Waals surface area (Å²) in [5.74, 6) is 0. The molecule has 80 heavy (non-hydrogen) atoms. The average molecular weight is 1030 g/mol. The fourth-order valence-corrected chi connectivity index (χ4v) is 13.6. The number of benzene rings is 11. The predicted molar refractivity (Wildman–Crippen MR) is 327 cm³/mol. The number of nitrogens with zero attached hydrogens (tertiary/aromatic N) is 6. The molecule has 0 N–H and O–H groups in total. The number of furan rings is 2. The lowest BCUT2D eigenvalue weighted by atomic mass is 9.98. The van der Waals surface area contributed by atoms with Crippen molar-refractivity contribution in [1.82, 2.24) is 18.3 Å². The fraction of sp³-hybridized carbons (Fsp3) is 0.0556. The maximum Gasteiger partial charge on any atom is 0.137 e. The van der Waals surface area contributed by atoms with Gasteiger partial charge in [0.1, 0.15) is 45.6 Å². The van der Waals surface area contributed by atoms with Crippen LogP contribution in [0.5, 0.6) is 0 Å². The Kier molecular flexibility index (Phi) is 8.81. The van der Waals surface area contributed by atoms with Crippen molar-refractivity contribution in [3.63, 3.8) is 0 Å². The molecule has 0 spiro atoms. The maximum absolute atomic E-state index is 12.9. The Bertz CT molecular complexity index is 5280. The van der Waals surface area contributed by atoms with Gasteiger partial charge in [0.25, 0.3) is 0 Å². The van der Waals surface area contributed by atoms with Crippen LogP contribution in [0.25, 0.3) is 154 Å². The van der Waals surface area contributed by atoms with E-state index in [-0.39, 0.29) is 0 Å². The molecule has 0 bridgehead atoms. The SMILES string of the molecule is Cc1ccc2c(c1)c1cc(C)ccc1n2-c1c(C#N)c(-n2c3ccccc3c3cc4c(cc32)oc2ccccc24)c(-n2c3ccc(C)cc3c3cc(C)ccc32)c(C#N)c1-n1c2ccccc2c2cc3c(cc21)oc1ccccc13. The predicted octanol–water partition coefficient (Wildman–Crippen LogP) is 18.9. The molecule has 374 valence electrons. The van der Waals surface area contributed by atoms with Crippen LogP contribution < -0.4 is 0 Å². The summed E-state index contributed by atoms with van der Waals surface area (Å²) in [7, 11) is 0. The smallest absolute Gasteiger partial charge is 0.137 e. The van der Waals surface area contributed by atoms with Crippen LogP contribution in [0.3, 0.4) is 0 Å². The third-order valence-electron chi connectivity index (χ3n) is 17.0. The number of para-hydroxylation sites is 4. The summed E-state index contributed by atoms with van der Waals surface area (Å²) in [6, 6.07) is 74.1. The van der Waals surface area contributed by atoms with Crippen LogP contribution in [-0.4, -0.2) is 18.3 Å². The summed E-state index contributed by atoms with van der Waals surface area (Å²) in [5, 5.41) is 38.0. The van der Waals surface area contributed by atoms with Gasteiger partial charge in [-0.3, -0.25) is 0 Å². The minimum Gasteiger partial charge on any atom is -0.456 e. The first-order chi connectivity index (χ1) is 39.2. The Morgan fingerprint density at radius 1 is 0.263 bits per heavy atom. The first-order valence-corrected chi connectivity index (χ1v) is 27.0. The van der Waals surface area contributed by atoms with Crippen molar-refractivity contribution in [1.29, 1.82) is 10.5 Å². The van der Waals surface area contributed by atoms with E-state index < -0.39 is 0 Å². The lowest BCUT2D eigenvalue weighted by molar-refractivity contribution is 0.669. The number of rotatable bonds is 4. The summed E-state index contributed by atoms with van der Waals surface area (Å²) in [6.07, 6.45) is 0. The van der Waals surface area contributed by atoms with Gasteiger partial charge in [-0.05, 0) is 113 Å². The van der Waals surface area contributed by atoms with E-state index in [1.54, 1.807) is 0 Å². The van der Waals surface area contributed by atoms with E-state index in [1.807, 2.05) is 36.4 Å². The highest BCUT2D eigenvalue weighted by molar-refractivity contribution is 6.21. The molecule has 6 heterocycles. The van der Waals surface area contributed by atoms with Gasteiger partial charge in [-0.2, -0.15) is 10.5 Å². The average Bonchev–Trinajstić information content (AvgIpc) is 4.43. The van der Waals surface area contributed by atoms with Crippen molar-refractivity contribution < 1.29 is 8.83 Å². The standard InChI is InChI=1S/C72H44N6O2/c1-39-21-25-59-47(29-39)48-30-40(2)22-26-60(48)75(59)69-55(37-73)72(78-58-18-10-6-14-44(58)52-34-54-46-16-8-12-20-66(46)80-68(54)36-64(52)78)70(76-61-27-23-41(3)31-49(61)50-32-42(4)24-28-62(50)76)56(38-74)71(69)77-57-17-9-5-13-43(57)51-33-53-45-15-7-11-19-65(45)79-67(53)35-63(51)77/h5-36H,1-4H3. The second kappa shape index (κ2) is 15.9. The van der Waals surface area contributed by atoms with Crippen molar-refractivity contribution in [2.75, 3.05) is 0 Å². The number of fused-ring (bicyclic) bond motifs is 18. The summed E-state index contributed by atoms with van der Waals surface area (Å²) in [4.78, 5) is 0. The van der Waals surface area contributed by atoms with Crippen LogP contribution in [0.15, 0.2) is 203 Å². The first-order valence-electron chi connectivity index (χ1n) is 27.0. The van der Waals surface area contributed by atoms with Crippen molar-refractivity contribution in [3.05, 3.63) is 228 Å². The maximum atomic E-state index is 12.9. The number of hydrogen-bond donors (Lipinski definition) is 0. The van der Waals surface area contributed by atoms with Crippen molar-refractivity contribution in [2.45, 2.75) is 27.7 Å². The molecule has 0 aliphatic heterocycles. The monoisotopic (exact) mass is 1020 g/mol. The van der Waals surface area contributed by atoms with E-state index >= 15 is 0 Å². The summed E-state index contributed by atoms with van der Waals surface area (Å²) < 4.78 is 22.5. The van der Waals surface area contributed by atoms with Gasteiger partial charge in [0.15, 0.2) is 0 Å². The molecule has 0 aliphatic rings. The fourth-order valence-electron chi connectivity index (χ4n) is 13.6. The van der Waals surface area contributed by atoms with Crippen LogP contribution in [0, 0.1) is 50.4 Å². The van der Waals surface area contributed by atoms with Gasteiger partial charge in [-0.25, -0.2) is 0 Å². The Labute approximate surface area is 456 Å². The largest absolute Gasteiger partial charge is 0.456 e. The highest BCUT2D eigenvalue weighted by Gasteiger charge is 2.35. The summed E-state index contributed by atoms with van der Waals surface area (Å²) in [5.41, 5.74) is 17.6. The molecular weight excluding hydrogens is 981 g/mol. The zero-order valence-corrected chi connectivity index (χ0v) is 44.0. The van der Waals surface area contributed by atoms with Crippen LogP contribution in [0.1, 0.15) is 33.4 Å². The Morgan fingerprint density at radius 2 is 0.550 bits per heavy atom. The third kappa shape index (κ3) is 5.81. The molecule has 6 aromatic heterocycles. The zero-order chi connectivity index (χ0) is 53.4. The van der Waals surface area contributed by atoms with Crippen LogP contribution >= 0.6 is 0 Å². The lowest BCUT2D eigenvalue weighted by Gasteiger charge is -2.27. The van der Waals surface area contributed by atoms with E-state index in [2.05, 4.69) is 216 Å². The molecule has 0 atom stereocenters. The van der Waals surface area contributed by atoms with Crippen LogP contribution in [0.2, 0.25) is 0 Å². The van der Waals surface area contributed by atoms with Gasteiger partial charge in [0.05, 0.1) is 66.9 Å². The number of aryl methyl sites for hydroxylation is 4. The van der Waals surface area contributed by atoms with E-state index in [0.717, 1.165) is 153 Å².